The number of ether oxygens (including phenoxy) is 2. The molecule has 1 aliphatic heterocycles. The van der Waals surface area contributed by atoms with Crippen LogP contribution in [0.2, 0.25) is 0 Å². The summed E-state index contributed by atoms with van der Waals surface area (Å²) in [4.78, 5) is 10.8. The molecule has 1 saturated carbocycles. The molecule has 0 saturated heterocycles. The Morgan fingerprint density at radius 3 is 2.73 bits per heavy atom. The highest BCUT2D eigenvalue weighted by Crippen LogP contribution is 2.54. The quantitative estimate of drug-likeness (QED) is 0.645. The fraction of sp³-hybridized carbons (Fsp3) is 0.364. The van der Waals surface area contributed by atoms with Crippen LogP contribution in [0.25, 0.3) is 0 Å². The van der Waals surface area contributed by atoms with Gasteiger partial charge in [0.25, 0.3) is 0 Å². The average Bonchev–Trinajstić information content (AvgIpc) is 2.78. The lowest BCUT2D eigenvalue weighted by molar-refractivity contribution is -0.309. The molecule has 0 aromatic heterocycles. The number of aliphatic carboxylic acids is 1. The minimum absolute atomic E-state index is 0.419. The third-order valence-electron chi connectivity index (χ3n) is 3.06. The van der Waals surface area contributed by atoms with E-state index in [1.54, 1.807) is 19.1 Å². The molecule has 1 heterocycles. The van der Waals surface area contributed by atoms with Gasteiger partial charge in [0.1, 0.15) is 0 Å². The Kier molecular flexibility index (Phi) is 1.40. The van der Waals surface area contributed by atoms with E-state index in [2.05, 4.69) is 0 Å². The fourth-order valence-electron chi connectivity index (χ4n) is 2.12. The topological polar surface area (TPSA) is 58.6 Å². The van der Waals surface area contributed by atoms with E-state index in [-0.39, 0.29) is 0 Å². The van der Waals surface area contributed by atoms with Crippen LogP contribution >= 0.6 is 0 Å². The van der Waals surface area contributed by atoms with Crippen LogP contribution in [0.4, 0.5) is 0 Å². The second-order valence-corrected chi connectivity index (χ2v) is 4.07. The van der Waals surface area contributed by atoms with Gasteiger partial charge in [0.2, 0.25) is 0 Å². The molecule has 3 rings (SSSR count). The maximum absolute atomic E-state index is 10.8. The first-order chi connectivity index (χ1) is 7.13. The number of hydrogen-bond donors (Lipinski definition) is 0. The number of para-hydroxylation sites is 2. The highest BCUT2D eigenvalue weighted by Gasteiger charge is 2.69. The van der Waals surface area contributed by atoms with E-state index in [9.17, 15) is 9.90 Å². The fourth-order valence-corrected chi connectivity index (χ4v) is 2.12. The molecule has 0 radical (unpaired) electrons. The van der Waals surface area contributed by atoms with Gasteiger partial charge in [0.05, 0.1) is 11.9 Å². The van der Waals surface area contributed by atoms with Gasteiger partial charge in [-0.25, -0.2) is 0 Å². The molecule has 3 atom stereocenters. The van der Waals surface area contributed by atoms with E-state index < -0.39 is 23.6 Å². The number of carboxylic acid groups (broad SMARTS) is 1. The van der Waals surface area contributed by atoms with Crippen molar-refractivity contribution < 1.29 is 19.4 Å². The van der Waals surface area contributed by atoms with Crippen molar-refractivity contribution in [2.75, 3.05) is 0 Å². The van der Waals surface area contributed by atoms with Gasteiger partial charge in [0.15, 0.2) is 23.2 Å². The van der Waals surface area contributed by atoms with Crippen molar-refractivity contribution in [2.45, 2.75) is 18.6 Å². The second-order valence-electron chi connectivity index (χ2n) is 4.07. The lowest BCUT2D eigenvalue weighted by atomic mass is 10.2. The summed E-state index contributed by atoms with van der Waals surface area (Å²) in [5.41, 5.74) is -0.757. The summed E-state index contributed by atoms with van der Waals surface area (Å²) in [6.07, 6.45) is -0.419. The number of benzene rings is 1. The molecular weight excluding hydrogens is 196 g/mol. The molecule has 15 heavy (non-hydrogen) atoms. The molecule has 1 aromatic carbocycles. The minimum Gasteiger partial charge on any atom is -0.550 e. The Bertz CT molecular complexity index is 442. The monoisotopic (exact) mass is 205 g/mol. The number of carbonyl (C=O) groups is 1. The number of carboxylic acids is 1. The van der Waals surface area contributed by atoms with E-state index in [0.29, 0.717) is 11.5 Å². The third kappa shape index (κ3) is 0.988. The Morgan fingerprint density at radius 2 is 2.07 bits per heavy atom. The highest BCUT2D eigenvalue weighted by molar-refractivity contribution is 5.76. The van der Waals surface area contributed by atoms with Crippen molar-refractivity contribution >= 4 is 5.97 Å². The predicted octanol–water partition coefficient (Wildman–Crippen LogP) is -0.0352. The van der Waals surface area contributed by atoms with Crippen LogP contribution in [0.1, 0.15) is 6.92 Å². The first-order valence-electron chi connectivity index (χ1n) is 4.78. The lowest BCUT2D eigenvalue weighted by Crippen LogP contribution is -2.31. The molecule has 4 nitrogen and oxygen atoms in total. The lowest BCUT2D eigenvalue weighted by Gasteiger charge is -2.22. The summed E-state index contributed by atoms with van der Waals surface area (Å²) >= 11 is 0. The summed E-state index contributed by atoms with van der Waals surface area (Å²) in [7, 11) is 0. The molecule has 1 fully saturated rings. The normalized spacial score (nSPS) is 35.5. The Labute approximate surface area is 86.4 Å². The molecule has 78 valence electrons. The van der Waals surface area contributed by atoms with Crippen LogP contribution < -0.4 is 14.6 Å². The van der Waals surface area contributed by atoms with Crippen molar-refractivity contribution in [1.82, 2.24) is 0 Å². The van der Waals surface area contributed by atoms with Crippen LogP contribution in [0.15, 0.2) is 24.3 Å². The Hall–Kier alpha value is -1.71. The Morgan fingerprint density at radius 1 is 1.40 bits per heavy atom. The van der Waals surface area contributed by atoms with Gasteiger partial charge in [-0.05, 0) is 19.1 Å². The van der Waals surface area contributed by atoms with Crippen molar-refractivity contribution in [3.63, 3.8) is 0 Å². The SMILES string of the molecule is CC12Oc3ccccc3OC1C2C(=O)[O-]. The van der Waals surface area contributed by atoms with Crippen molar-refractivity contribution in [3.05, 3.63) is 24.3 Å². The summed E-state index contributed by atoms with van der Waals surface area (Å²) < 4.78 is 11.2. The average molecular weight is 205 g/mol. The molecule has 3 unspecified atom stereocenters. The van der Waals surface area contributed by atoms with Gasteiger partial charge >= 0.3 is 0 Å². The summed E-state index contributed by atoms with van der Waals surface area (Å²) in [5.74, 6) is -0.594. The van der Waals surface area contributed by atoms with Crippen molar-refractivity contribution in [2.24, 2.45) is 5.92 Å². The van der Waals surface area contributed by atoms with Gasteiger partial charge in [-0.15, -0.1) is 0 Å². The first kappa shape index (κ1) is 8.59. The van der Waals surface area contributed by atoms with E-state index in [1.165, 1.54) is 0 Å². The molecule has 1 aliphatic carbocycles. The van der Waals surface area contributed by atoms with Gasteiger partial charge in [-0.2, -0.15) is 0 Å². The zero-order valence-electron chi connectivity index (χ0n) is 8.10. The van der Waals surface area contributed by atoms with Crippen LogP contribution in [-0.4, -0.2) is 17.7 Å². The zero-order valence-corrected chi connectivity index (χ0v) is 8.10. The number of rotatable bonds is 1. The number of fused-ring (bicyclic) bond motifs is 2. The zero-order chi connectivity index (χ0) is 10.6. The van der Waals surface area contributed by atoms with Crippen LogP contribution in [0, 0.1) is 5.92 Å². The maximum Gasteiger partial charge on any atom is 0.162 e. The van der Waals surface area contributed by atoms with Gasteiger partial charge in [0, 0.05) is 0 Å². The Balaban J connectivity index is 1.97. The number of hydrogen-bond acceptors (Lipinski definition) is 4. The van der Waals surface area contributed by atoms with E-state index in [0.717, 1.165) is 0 Å². The smallest absolute Gasteiger partial charge is 0.162 e. The summed E-state index contributed by atoms with van der Waals surface area (Å²) in [5, 5.41) is 10.8. The van der Waals surface area contributed by atoms with E-state index >= 15 is 0 Å². The molecule has 0 bridgehead atoms. The van der Waals surface area contributed by atoms with Gasteiger partial charge < -0.3 is 19.4 Å². The van der Waals surface area contributed by atoms with E-state index in [4.69, 9.17) is 9.47 Å². The van der Waals surface area contributed by atoms with E-state index in [1.807, 2.05) is 12.1 Å². The molecular formula is C11H9O4-. The van der Waals surface area contributed by atoms with Gasteiger partial charge in [-0.3, -0.25) is 0 Å². The molecule has 1 aromatic rings. The predicted molar refractivity (Wildman–Crippen MR) is 48.4 cm³/mol. The van der Waals surface area contributed by atoms with Crippen LogP contribution in [0.3, 0.4) is 0 Å². The third-order valence-corrected chi connectivity index (χ3v) is 3.06. The summed E-state index contributed by atoms with van der Waals surface area (Å²) in [6.45, 7) is 1.73. The number of carbonyl (C=O) groups excluding carboxylic acids is 1. The van der Waals surface area contributed by atoms with Crippen LogP contribution in [0.5, 0.6) is 11.5 Å². The van der Waals surface area contributed by atoms with Crippen molar-refractivity contribution in [3.8, 4) is 11.5 Å². The second kappa shape index (κ2) is 2.45. The van der Waals surface area contributed by atoms with Gasteiger partial charge in [-0.1, -0.05) is 12.1 Å². The van der Waals surface area contributed by atoms with Crippen molar-refractivity contribution in [1.29, 1.82) is 0 Å². The van der Waals surface area contributed by atoms with Crippen LogP contribution in [-0.2, 0) is 4.79 Å². The minimum atomic E-state index is -1.12. The molecule has 4 heteroatoms. The summed E-state index contributed by atoms with van der Waals surface area (Å²) in [6, 6.07) is 7.17. The largest absolute Gasteiger partial charge is 0.550 e. The first-order valence-corrected chi connectivity index (χ1v) is 4.78. The molecule has 0 N–H and O–H groups in total. The molecule has 0 amide bonds. The highest BCUT2D eigenvalue weighted by atomic mass is 16.6. The molecule has 2 aliphatic rings. The molecule has 0 spiro atoms. The standard InChI is InChI=1S/C11H10O4/c1-11-8(10(12)13)9(11)14-6-4-2-3-5-7(6)15-11/h2-5,8-9H,1H3,(H,12,13)/p-1. The maximum atomic E-state index is 10.8.